The van der Waals surface area contributed by atoms with Gasteiger partial charge in [0, 0.05) is 0 Å². The molecule has 0 N–H and O–H groups in total. The molecule has 0 aliphatic heterocycles. The maximum Gasteiger partial charge on any atom is -0.0382 e. The molecule has 0 heteroatoms. The third-order valence-electron chi connectivity index (χ3n) is 0.622. The maximum atomic E-state index is 3.56. The summed E-state index contributed by atoms with van der Waals surface area (Å²) in [7, 11) is 0. The Morgan fingerprint density at radius 2 is 1.19 bits per heavy atom. The molecule has 0 aliphatic carbocycles. The number of hydrogen-bond donors (Lipinski definition) is 0. The van der Waals surface area contributed by atoms with Crippen LogP contribution in [-0.4, -0.2) is 0 Å². The molecule has 0 saturated carbocycles. The second-order valence-corrected chi connectivity index (χ2v) is 4.30. The minimum absolute atomic E-state index is 0.833. The molecule has 0 aromatic rings. The molecular weight excluding hydrogens is 192 g/mol. The Morgan fingerprint density at radius 3 is 1.19 bits per heavy atom. The molecule has 0 atom stereocenters. The Balaban J connectivity index is -0.0000000600. The molecule has 0 radical (unpaired) electrons. The Morgan fingerprint density at radius 1 is 1.06 bits per heavy atom. The summed E-state index contributed by atoms with van der Waals surface area (Å²) in [5, 5.41) is 0. The zero-order chi connectivity index (χ0) is 14.0. The van der Waals surface area contributed by atoms with Gasteiger partial charge in [0.05, 0.1) is 0 Å². The molecule has 0 unspecified atom stereocenters. The average Bonchev–Trinajstić information content (AvgIpc) is 2.16. The molecule has 0 aromatic heterocycles. The fourth-order valence-corrected chi connectivity index (χ4v) is 0. The fourth-order valence-electron chi connectivity index (χ4n) is 0. The van der Waals surface area contributed by atoms with Crippen molar-refractivity contribution in [2.75, 3.05) is 0 Å². The SMILES string of the molecule is C=C(C)C.C=CCC.CC(C)C.CC=CC. The van der Waals surface area contributed by atoms with Gasteiger partial charge in [-0.1, -0.05) is 51.5 Å². The molecule has 0 bridgehead atoms. The van der Waals surface area contributed by atoms with Gasteiger partial charge < -0.3 is 0 Å². The highest BCUT2D eigenvalue weighted by atomic mass is 13.7. The largest absolute Gasteiger partial charge is 0.103 e. The highest BCUT2D eigenvalue weighted by molar-refractivity contribution is 4.78. The van der Waals surface area contributed by atoms with Crippen molar-refractivity contribution in [3.05, 3.63) is 37.0 Å². The predicted molar refractivity (Wildman–Crippen MR) is 82.0 cm³/mol. The summed E-state index contributed by atoms with van der Waals surface area (Å²) in [5.74, 6) is 0.833. The summed E-state index contributed by atoms with van der Waals surface area (Å²) in [6.07, 6.45) is 6.96. The van der Waals surface area contributed by atoms with Crippen LogP contribution < -0.4 is 0 Å². The van der Waals surface area contributed by atoms with E-state index in [1.54, 1.807) is 0 Å². The smallest absolute Gasteiger partial charge is 0.0382 e. The molecule has 0 heterocycles. The highest BCUT2D eigenvalue weighted by Gasteiger charge is 1.68. The van der Waals surface area contributed by atoms with Crippen molar-refractivity contribution in [2.24, 2.45) is 5.92 Å². The van der Waals surface area contributed by atoms with Gasteiger partial charge in [-0.15, -0.1) is 13.2 Å². The van der Waals surface area contributed by atoms with Gasteiger partial charge in [-0.3, -0.25) is 0 Å². The van der Waals surface area contributed by atoms with Crippen LogP contribution in [0.1, 0.15) is 61.8 Å². The average molecular weight is 226 g/mol. The van der Waals surface area contributed by atoms with E-state index in [1.165, 1.54) is 5.57 Å². The van der Waals surface area contributed by atoms with Gasteiger partial charge >= 0.3 is 0 Å². The lowest BCUT2D eigenvalue weighted by Crippen LogP contribution is -1.66. The van der Waals surface area contributed by atoms with Gasteiger partial charge in [-0.25, -0.2) is 0 Å². The number of rotatable bonds is 1. The third-order valence-corrected chi connectivity index (χ3v) is 0.622. The summed E-state index contributed by atoms with van der Waals surface area (Å²) in [6.45, 7) is 23.5. The molecular formula is C16H34. The molecule has 98 valence electrons. The minimum atomic E-state index is 0.833. The topological polar surface area (TPSA) is 0 Å². The first-order chi connectivity index (χ1) is 7.29. The molecule has 16 heavy (non-hydrogen) atoms. The zero-order valence-electron chi connectivity index (χ0n) is 12.9. The normalized spacial score (nSPS) is 7.81. The summed E-state index contributed by atoms with van der Waals surface area (Å²) < 4.78 is 0. The highest BCUT2D eigenvalue weighted by Crippen LogP contribution is 1.81. The van der Waals surface area contributed by atoms with E-state index in [-0.39, 0.29) is 0 Å². The maximum absolute atomic E-state index is 3.56. The van der Waals surface area contributed by atoms with Crippen LogP contribution in [0.15, 0.2) is 37.0 Å². The van der Waals surface area contributed by atoms with Crippen LogP contribution in [0.5, 0.6) is 0 Å². The Kier molecular flexibility index (Phi) is 44.7. The molecule has 0 fully saturated rings. The third kappa shape index (κ3) is 1330. The minimum Gasteiger partial charge on any atom is -0.103 e. The second-order valence-electron chi connectivity index (χ2n) is 4.30. The summed E-state index contributed by atoms with van der Waals surface area (Å²) in [6, 6.07) is 0. The van der Waals surface area contributed by atoms with Gasteiger partial charge in [0.1, 0.15) is 0 Å². The second kappa shape index (κ2) is 29.2. The Labute approximate surface area is 105 Å². The number of hydrogen-bond acceptors (Lipinski definition) is 0. The van der Waals surface area contributed by atoms with Crippen LogP contribution in [-0.2, 0) is 0 Å². The van der Waals surface area contributed by atoms with E-state index in [0.29, 0.717) is 0 Å². The monoisotopic (exact) mass is 226 g/mol. The quantitative estimate of drug-likeness (QED) is 0.453. The van der Waals surface area contributed by atoms with E-state index in [0.717, 1.165) is 12.3 Å². The fraction of sp³-hybridized carbons (Fsp3) is 0.625. The van der Waals surface area contributed by atoms with Crippen molar-refractivity contribution in [1.82, 2.24) is 0 Å². The van der Waals surface area contributed by atoms with Crippen LogP contribution in [0.25, 0.3) is 0 Å². The van der Waals surface area contributed by atoms with Crippen LogP contribution in [0.2, 0.25) is 0 Å². The predicted octanol–water partition coefficient (Wildman–Crippen LogP) is 6.41. The van der Waals surface area contributed by atoms with Gasteiger partial charge in [-0.2, -0.15) is 0 Å². The van der Waals surface area contributed by atoms with Gasteiger partial charge in [-0.05, 0) is 40.0 Å². The number of allylic oxidation sites excluding steroid dienone is 4. The molecule has 0 nitrogen and oxygen atoms in total. The lowest BCUT2D eigenvalue weighted by molar-refractivity contribution is 0.737. The molecule has 0 aromatic carbocycles. The lowest BCUT2D eigenvalue weighted by atomic mass is 10.3. The van der Waals surface area contributed by atoms with E-state index in [9.17, 15) is 0 Å². The van der Waals surface area contributed by atoms with Gasteiger partial charge in [0.2, 0.25) is 0 Å². The zero-order valence-corrected chi connectivity index (χ0v) is 12.9. The molecule has 0 aliphatic rings. The van der Waals surface area contributed by atoms with Crippen LogP contribution in [0, 0.1) is 5.92 Å². The first-order valence-electron chi connectivity index (χ1n) is 6.10. The summed E-state index contributed by atoms with van der Waals surface area (Å²) >= 11 is 0. The van der Waals surface area contributed by atoms with Crippen molar-refractivity contribution in [1.29, 1.82) is 0 Å². The Bertz CT molecular complexity index is 127. The van der Waals surface area contributed by atoms with E-state index < -0.39 is 0 Å². The van der Waals surface area contributed by atoms with E-state index in [1.807, 2.05) is 45.9 Å². The van der Waals surface area contributed by atoms with Gasteiger partial charge in [0.25, 0.3) is 0 Å². The van der Waals surface area contributed by atoms with Crippen molar-refractivity contribution in [3.63, 3.8) is 0 Å². The standard InChI is InChI=1S/C4H10.3C4H8/c2*1-4(2)3;2*1-3-4-2/h4H,1-3H3;1H2,2-3H3;3-4H,1-2H3;3H,1,4H2,2H3. The van der Waals surface area contributed by atoms with E-state index >= 15 is 0 Å². The van der Waals surface area contributed by atoms with Crippen molar-refractivity contribution >= 4 is 0 Å². The van der Waals surface area contributed by atoms with E-state index in [4.69, 9.17) is 0 Å². The van der Waals surface area contributed by atoms with E-state index in [2.05, 4.69) is 40.9 Å². The molecule has 0 saturated heterocycles. The van der Waals surface area contributed by atoms with Crippen LogP contribution in [0.3, 0.4) is 0 Å². The first kappa shape index (κ1) is 24.4. The van der Waals surface area contributed by atoms with Crippen molar-refractivity contribution in [3.8, 4) is 0 Å². The van der Waals surface area contributed by atoms with Crippen LogP contribution in [0.4, 0.5) is 0 Å². The van der Waals surface area contributed by atoms with Crippen molar-refractivity contribution < 1.29 is 0 Å². The summed E-state index contributed by atoms with van der Waals surface area (Å²) in [4.78, 5) is 0. The summed E-state index contributed by atoms with van der Waals surface area (Å²) in [5.41, 5.74) is 1.17. The van der Waals surface area contributed by atoms with Crippen molar-refractivity contribution in [2.45, 2.75) is 61.8 Å². The van der Waals surface area contributed by atoms with Crippen LogP contribution >= 0.6 is 0 Å². The molecule has 0 rings (SSSR count). The molecule has 0 amide bonds. The van der Waals surface area contributed by atoms with Gasteiger partial charge in [0.15, 0.2) is 0 Å². The Hall–Kier alpha value is -0.780. The lowest BCUT2D eigenvalue weighted by Gasteiger charge is -1.79. The first-order valence-corrected chi connectivity index (χ1v) is 6.10. The molecule has 0 spiro atoms.